The number of benzene rings is 3. The molecule has 208 valence electrons. The highest BCUT2D eigenvalue weighted by atomic mass is 35.5. The fraction of sp³-hybridized carbons (Fsp3) is 0.296. The van der Waals surface area contributed by atoms with Gasteiger partial charge in [-0.25, -0.2) is 8.42 Å². The van der Waals surface area contributed by atoms with Crippen LogP contribution in [0.4, 0.5) is 18.9 Å². The van der Waals surface area contributed by atoms with E-state index in [1.54, 1.807) is 24.3 Å². The predicted molar refractivity (Wildman–Crippen MR) is 141 cm³/mol. The number of nitrogens with one attached hydrogen (secondary N) is 1. The summed E-state index contributed by atoms with van der Waals surface area (Å²) >= 11 is 5.76. The molecule has 1 amide bonds. The summed E-state index contributed by atoms with van der Waals surface area (Å²) in [5.41, 5.74) is -1.61. The monoisotopic (exact) mass is 582 g/mol. The molecular formula is C27H26ClF3N2O5S. The van der Waals surface area contributed by atoms with Crippen molar-refractivity contribution >= 4 is 33.2 Å². The van der Waals surface area contributed by atoms with E-state index < -0.39 is 50.9 Å². The molecule has 4 rings (SSSR count). The third kappa shape index (κ3) is 6.25. The van der Waals surface area contributed by atoms with Gasteiger partial charge in [0.25, 0.3) is 10.0 Å². The normalized spacial score (nSPS) is 16.5. The molecule has 0 aliphatic carbocycles. The first-order valence-corrected chi connectivity index (χ1v) is 13.6. The summed E-state index contributed by atoms with van der Waals surface area (Å²) in [5, 5.41) is 2.24. The third-order valence-electron chi connectivity index (χ3n) is 6.17. The van der Waals surface area contributed by atoms with E-state index in [-0.39, 0.29) is 10.6 Å². The summed E-state index contributed by atoms with van der Waals surface area (Å²) in [7, 11) is -2.95. The number of ether oxygens (including phenoxy) is 2. The summed E-state index contributed by atoms with van der Waals surface area (Å²) in [5.74, 6) is 0.332. The quantitative estimate of drug-likeness (QED) is 0.370. The Hall–Kier alpha value is -3.44. The molecule has 0 saturated heterocycles. The Balaban J connectivity index is 1.72. The summed E-state index contributed by atoms with van der Waals surface area (Å²) in [6, 6.07) is 14.4. The van der Waals surface area contributed by atoms with Crippen molar-refractivity contribution in [2.45, 2.75) is 43.0 Å². The molecule has 0 bridgehead atoms. The van der Waals surface area contributed by atoms with E-state index in [1.807, 2.05) is 13.8 Å². The van der Waals surface area contributed by atoms with Crippen LogP contribution in [0.1, 0.15) is 37.4 Å². The molecule has 7 nitrogen and oxygen atoms in total. The number of fused-ring (bicyclic) bond motifs is 1. The van der Waals surface area contributed by atoms with Gasteiger partial charge in [-0.1, -0.05) is 29.8 Å². The van der Waals surface area contributed by atoms with Gasteiger partial charge in [0.15, 0.2) is 0 Å². The van der Waals surface area contributed by atoms with Crippen LogP contribution >= 0.6 is 11.6 Å². The number of hydrogen-bond acceptors (Lipinski definition) is 5. The summed E-state index contributed by atoms with van der Waals surface area (Å²) < 4.78 is 79.9. The molecule has 1 atom stereocenters. The number of methoxy groups -OCH3 is 1. The van der Waals surface area contributed by atoms with Gasteiger partial charge in [-0.2, -0.15) is 13.2 Å². The van der Waals surface area contributed by atoms with Crippen LogP contribution < -0.4 is 19.1 Å². The number of halogens is 4. The summed E-state index contributed by atoms with van der Waals surface area (Å²) in [4.78, 5) is 13.2. The van der Waals surface area contributed by atoms with E-state index in [1.165, 1.54) is 31.4 Å². The lowest BCUT2D eigenvalue weighted by Crippen LogP contribution is -2.45. The third-order valence-corrected chi connectivity index (χ3v) is 8.29. The smallest absolute Gasteiger partial charge is 0.417 e. The SMILES string of the molecule is COc1ccc2c(c1)C(NC(=O)CN(c1ccc(Cl)c(C(F)(F)F)c1)S(=O)(=O)c1ccccc1)CC(C)(C)O2. The number of hydrogen-bond donors (Lipinski definition) is 1. The molecule has 39 heavy (non-hydrogen) atoms. The number of rotatable bonds is 7. The molecule has 0 spiro atoms. The minimum absolute atomic E-state index is 0.191. The van der Waals surface area contributed by atoms with Gasteiger partial charge in [0, 0.05) is 12.0 Å². The van der Waals surface area contributed by atoms with E-state index >= 15 is 0 Å². The maximum atomic E-state index is 13.6. The zero-order valence-electron chi connectivity index (χ0n) is 21.3. The molecule has 0 radical (unpaired) electrons. The molecule has 0 aromatic heterocycles. The lowest BCUT2D eigenvalue weighted by Gasteiger charge is -2.38. The first-order chi connectivity index (χ1) is 18.2. The Morgan fingerprint density at radius 2 is 1.82 bits per heavy atom. The van der Waals surface area contributed by atoms with Crippen molar-refractivity contribution in [2.75, 3.05) is 18.0 Å². The topological polar surface area (TPSA) is 84.9 Å². The Bertz CT molecular complexity index is 1480. The van der Waals surface area contributed by atoms with Gasteiger partial charge in [-0.3, -0.25) is 9.10 Å². The maximum absolute atomic E-state index is 13.6. The average molecular weight is 583 g/mol. The van der Waals surface area contributed by atoms with Gasteiger partial charge in [0.2, 0.25) is 5.91 Å². The van der Waals surface area contributed by atoms with Gasteiger partial charge in [0.1, 0.15) is 23.6 Å². The molecule has 1 aliphatic rings. The number of sulfonamides is 1. The second-order valence-electron chi connectivity index (χ2n) is 9.58. The molecular weight excluding hydrogens is 557 g/mol. The number of carbonyl (C=O) groups is 1. The lowest BCUT2D eigenvalue weighted by atomic mass is 9.89. The Morgan fingerprint density at radius 1 is 1.13 bits per heavy atom. The van der Waals surface area contributed by atoms with E-state index in [0.717, 1.165) is 12.1 Å². The maximum Gasteiger partial charge on any atom is 0.417 e. The van der Waals surface area contributed by atoms with Crippen LogP contribution in [0.3, 0.4) is 0 Å². The second kappa shape index (κ2) is 10.6. The van der Waals surface area contributed by atoms with E-state index in [4.69, 9.17) is 21.1 Å². The van der Waals surface area contributed by atoms with Crippen LogP contribution in [0.25, 0.3) is 0 Å². The molecule has 3 aromatic carbocycles. The fourth-order valence-electron chi connectivity index (χ4n) is 4.38. The van der Waals surface area contributed by atoms with E-state index in [9.17, 15) is 26.4 Å². The minimum atomic E-state index is -4.84. The number of carbonyl (C=O) groups excluding carboxylic acids is 1. The zero-order valence-corrected chi connectivity index (χ0v) is 22.8. The first kappa shape index (κ1) is 28.6. The van der Waals surface area contributed by atoms with Crippen molar-refractivity contribution in [1.82, 2.24) is 5.32 Å². The standard InChI is InChI=1S/C27H26ClF3N2O5S/c1-26(2)15-23(20-14-18(37-3)10-12-24(20)38-26)32-25(34)16-33(39(35,36)19-7-5-4-6-8-19)17-9-11-22(28)21(13-17)27(29,30)31/h4-14,23H,15-16H2,1-3H3,(H,32,34). The predicted octanol–water partition coefficient (Wildman–Crippen LogP) is 5.98. The van der Waals surface area contributed by atoms with Crippen molar-refractivity contribution in [2.24, 2.45) is 0 Å². The van der Waals surface area contributed by atoms with Crippen LogP contribution in [0.5, 0.6) is 11.5 Å². The number of nitrogens with zero attached hydrogens (tertiary/aromatic N) is 1. The molecule has 0 saturated carbocycles. The van der Waals surface area contributed by atoms with Gasteiger partial charge < -0.3 is 14.8 Å². The molecule has 12 heteroatoms. The number of alkyl halides is 3. The van der Waals surface area contributed by atoms with Crippen LogP contribution in [-0.4, -0.2) is 33.6 Å². The zero-order chi connectivity index (χ0) is 28.6. The van der Waals surface area contributed by atoms with Gasteiger partial charge in [-0.05, 0) is 62.4 Å². The number of amides is 1. The van der Waals surface area contributed by atoms with Crippen molar-refractivity contribution in [3.8, 4) is 11.5 Å². The highest BCUT2D eigenvalue weighted by molar-refractivity contribution is 7.92. The van der Waals surface area contributed by atoms with Crippen LogP contribution in [0.2, 0.25) is 5.02 Å². The fourth-order valence-corrected chi connectivity index (χ4v) is 6.04. The summed E-state index contributed by atoms with van der Waals surface area (Å²) in [6.45, 7) is 2.91. The molecule has 1 heterocycles. The molecule has 1 aliphatic heterocycles. The summed E-state index contributed by atoms with van der Waals surface area (Å²) in [6.07, 6.45) is -4.49. The van der Waals surface area contributed by atoms with Gasteiger partial charge >= 0.3 is 6.18 Å². The van der Waals surface area contributed by atoms with Crippen LogP contribution in [-0.2, 0) is 21.0 Å². The van der Waals surface area contributed by atoms with Gasteiger partial charge in [-0.15, -0.1) is 0 Å². The highest BCUT2D eigenvalue weighted by Gasteiger charge is 2.37. The number of anilines is 1. The first-order valence-electron chi connectivity index (χ1n) is 11.8. The van der Waals surface area contributed by atoms with Crippen molar-refractivity contribution in [3.05, 3.63) is 82.9 Å². The molecule has 3 aromatic rings. The Kier molecular flexibility index (Phi) is 7.77. The van der Waals surface area contributed by atoms with Gasteiger partial charge in [0.05, 0.1) is 34.3 Å². The molecule has 1 unspecified atom stereocenters. The molecule has 1 N–H and O–H groups in total. The lowest BCUT2D eigenvalue weighted by molar-refractivity contribution is -0.137. The molecule has 0 fully saturated rings. The van der Waals surface area contributed by atoms with Crippen LogP contribution in [0, 0.1) is 0 Å². The van der Waals surface area contributed by atoms with E-state index in [2.05, 4.69) is 5.32 Å². The highest BCUT2D eigenvalue weighted by Crippen LogP contribution is 2.41. The Labute approximate surface area is 229 Å². The minimum Gasteiger partial charge on any atom is -0.497 e. The van der Waals surface area contributed by atoms with Crippen molar-refractivity contribution in [1.29, 1.82) is 0 Å². The van der Waals surface area contributed by atoms with Crippen molar-refractivity contribution in [3.63, 3.8) is 0 Å². The second-order valence-corrected chi connectivity index (χ2v) is 11.8. The Morgan fingerprint density at radius 3 is 2.46 bits per heavy atom. The van der Waals surface area contributed by atoms with Crippen molar-refractivity contribution < 1.29 is 35.9 Å². The largest absolute Gasteiger partial charge is 0.497 e. The van der Waals surface area contributed by atoms with E-state index in [0.29, 0.717) is 33.9 Å². The average Bonchev–Trinajstić information content (AvgIpc) is 2.86. The van der Waals surface area contributed by atoms with Crippen LogP contribution in [0.15, 0.2) is 71.6 Å².